The molecule has 4 aromatic rings. The average molecular weight is 399 g/mol. The molecule has 0 atom stereocenters. The van der Waals surface area contributed by atoms with Crippen molar-refractivity contribution >= 4 is 11.6 Å². The third-order valence-electron chi connectivity index (χ3n) is 4.43. The fourth-order valence-corrected chi connectivity index (χ4v) is 3.21. The third-order valence-corrected chi connectivity index (χ3v) is 4.78. The van der Waals surface area contributed by atoms with Gasteiger partial charge in [-0.05, 0) is 66.7 Å². The minimum Gasteiger partial charge on any atom is -0.260 e. The van der Waals surface area contributed by atoms with Gasteiger partial charge in [-0.1, -0.05) is 17.7 Å². The summed E-state index contributed by atoms with van der Waals surface area (Å²) in [6.45, 7) is 0.0966. The van der Waals surface area contributed by atoms with Gasteiger partial charge >= 0.3 is 0 Å². The number of hydrogen-bond donors (Lipinski definition) is 0. The summed E-state index contributed by atoms with van der Waals surface area (Å²) in [6, 6.07) is 18.2. The molecule has 0 unspecified atom stereocenters. The monoisotopic (exact) mass is 398 g/mol. The van der Waals surface area contributed by atoms with Crippen molar-refractivity contribution in [2.45, 2.75) is 6.54 Å². The van der Waals surface area contributed by atoms with Gasteiger partial charge in [0.15, 0.2) is 0 Å². The number of benzene rings is 3. The summed E-state index contributed by atoms with van der Waals surface area (Å²) in [5.74, 6) is -1.14. The minimum atomic E-state index is -0.434. The molecule has 0 amide bonds. The van der Waals surface area contributed by atoms with Gasteiger partial charge in [-0.15, -0.1) is 0 Å². The molecule has 0 bridgehead atoms. The van der Waals surface area contributed by atoms with Crippen molar-refractivity contribution < 1.29 is 13.2 Å². The fourth-order valence-electron chi connectivity index (χ4n) is 2.99. The lowest BCUT2D eigenvalue weighted by Crippen LogP contribution is -2.06. The van der Waals surface area contributed by atoms with E-state index in [2.05, 4.69) is 5.10 Å². The molecule has 0 N–H and O–H groups in total. The summed E-state index contributed by atoms with van der Waals surface area (Å²) < 4.78 is 42.5. The molecule has 0 saturated carbocycles. The first-order valence-electron chi connectivity index (χ1n) is 8.54. The molecule has 0 aliphatic heterocycles. The lowest BCUT2D eigenvalue weighted by molar-refractivity contribution is 0.587. The van der Waals surface area contributed by atoms with Crippen LogP contribution in [-0.4, -0.2) is 9.78 Å². The van der Waals surface area contributed by atoms with Crippen LogP contribution in [0.4, 0.5) is 13.2 Å². The molecule has 2 nitrogen and oxygen atoms in total. The maximum atomic E-state index is 14.3. The van der Waals surface area contributed by atoms with Crippen LogP contribution in [-0.2, 0) is 6.54 Å². The Balaban J connectivity index is 1.83. The van der Waals surface area contributed by atoms with E-state index in [4.69, 9.17) is 11.6 Å². The molecule has 140 valence electrons. The van der Waals surface area contributed by atoms with Crippen LogP contribution in [0, 0.1) is 17.5 Å². The normalized spacial score (nSPS) is 11.0. The van der Waals surface area contributed by atoms with Gasteiger partial charge in [0.05, 0.1) is 17.9 Å². The number of rotatable bonds is 4. The zero-order chi connectivity index (χ0) is 19.7. The number of nitrogens with zero attached hydrogens (tertiary/aromatic N) is 2. The first-order chi connectivity index (χ1) is 13.5. The van der Waals surface area contributed by atoms with E-state index in [9.17, 15) is 13.2 Å². The standard InChI is InChI=1S/C22H14ClF3N2/c23-19-2-1-3-20(26)18(19)13-28-22(15-6-10-17(25)11-7-15)12-21(27-28)14-4-8-16(24)9-5-14/h1-12H,13H2. The van der Waals surface area contributed by atoms with Gasteiger partial charge in [-0.25, -0.2) is 13.2 Å². The van der Waals surface area contributed by atoms with Gasteiger partial charge < -0.3 is 0 Å². The Morgan fingerprint density at radius 2 is 1.39 bits per heavy atom. The molecule has 0 fully saturated rings. The molecule has 0 spiro atoms. The van der Waals surface area contributed by atoms with Gasteiger partial charge in [0.25, 0.3) is 0 Å². The van der Waals surface area contributed by atoms with E-state index in [1.165, 1.54) is 36.4 Å². The molecule has 4 rings (SSSR count). The maximum absolute atomic E-state index is 14.3. The number of halogens is 4. The molecular weight excluding hydrogens is 385 g/mol. The smallest absolute Gasteiger partial charge is 0.129 e. The highest BCUT2D eigenvalue weighted by Gasteiger charge is 2.15. The second kappa shape index (κ2) is 7.52. The molecule has 28 heavy (non-hydrogen) atoms. The van der Waals surface area contributed by atoms with E-state index in [1.54, 1.807) is 41.1 Å². The minimum absolute atomic E-state index is 0.0966. The van der Waals surface area contributed by atoms with Crippen LogP contribution >= 0.6 is 11.6 Å². The van der Waals surface area contributed by atoms with E-state index in [-0.39, 0.29) is 18.2 Å². The molecule has 0 aliphatic rings. The molecule has 3 aromatic carbocycles. The second-order valence-corrected chi connectivity index (χ2v) is 6.69. The molecular formula is C22H14ClF3N2. The number of hydrogen-bond acceptors (Lipinski definition) is 1. The first-order valence-corrected chi connectivity index (χ1v) is 8.91. The van der Waals surface area contributed by atoms with E-state index in [1.807, 2.05) is 0 Å². The summed E-state index contributed by atoms with van der Waals surface area (Å²) in [7, 11) is 0. The highest BCUT2D eigenvalue weighted by atomic mass is 35.5. The van der Waals surface area contributed by atoms with Gasteiger partial charge in [0.2, 0.25) is 0 Å². The quantitative estimate of drug-likeness (QED) is 0.392. The topological polar surface area (TPSA) is 17.8 Å². The van der Waals surface area contributed by atoms with E-state index in [0.29, 0.717) is 27.5 Å². The Morgan fingerprint density at radius 3 is 2.00 bits per heavy atom. The van der Waals surface area contributed by atoms with E-state index in [0.717, 1.165) is 5.56 Å². The Hall–Kier alpha value is -3.05. The fraction of sp³-hybridized carbons (Fsp3) is 0.0455. The lowest BCUT2D eigenvalue weighted by atomic mass is 10.1. The van der Waals surface area contributed by atoms with Gasteiger partial charge in [-0.2, -0.15) is 5.10 Å². The maximum Gasteiger partial charge on any atom is 0.129 e. The highest BCUT2D eigenvalue weighted by Crippen LogP contribution is 2.29. The van der Waals surface area contributed by atoms with Gasteiger partial charge in [0, 0.05) is 21.7 Å². The molecule has 1 aromatic heterocycles. The molecule has 0 aliphatic carbocycles. The Morgan fingerprint density at radius 1 is 0.786 bits per heavy atom. The first kappa shape index (κ1) is 18.3. The Kier molecular flexibility index (Phi) is 4.92. The highest BCUT2D eigenvalue weighted by molar-refractivity contribution is 6.31. The van der Waals surface area contributed by atoms with Crippen molar-refractivity contribution in [1.82, 2.24) is 9.78 Å². The SMILES string of the molecule is Fc1ccc(-c2cc(-c3ccc(F)cc3)n(Cc3c(F)cccc3Cl)n2)cc1. The summed E-state index contributed by atoms with van der Waals surface area (Å²) in [6.07, 6.45) is 0. The summed E-state index contributed by atoms with van der Waals surface area (Å²) in [5, 5.41) is 4.86. The van der Waals surface area contributed by atoms with E-state index >= 15 is 0 Å². The van der Waals surface area contributed by atoms with Gasteiger partial charge in [-0.3, -0.25) is 4.68 Å². The lowest BCUT2D eigenvalue weighted by Gasteiger charge is -2.10. The zero-order valence-corrected chi connectivity index (χ0v) is 15.3. The van der Waals surface area contributed by atoms with Crippen LogP contribution in [0.2, 0.25) is 5.02 Å². The second-order valence-electron chi connectivity index (χ2n) is 6.29. The average Bonchev–Trinajstić information content (AvgIpc) is 3.10. The Labute approximate surface area is 164 Å². The van der Waals surface area contributed by atoms with Crippen molar-refractivity contribution in [3.05, 3.63) is 101 Å². The Bertz CT molecular complexity index is 1100. The van der Waals surface area contributed by atoms with Crippen molar-refractivity contribution in [3.8, 4) is 22.5 Å². The largest absolute Gasteiger partial charge is 0.260 e. The van der Waals surface area contributed by atoms with Crippen molar-refractivity contribution in [1.29, 1.82) is 0 Å². The predicted molar refractivity (Wildman–Crippen MR) is 104 cm³/mol. The van der Waals surface area contributed by atoms with Crippen molar-refractivity contribution in [3.63, 3.8) is 0 Å². The van der Waals surface area contributed by atoms with E-state index < -0.39 is 5.82 Å². The molecule has 6 heteroatoms. The molecule has 0 saturated heterocycles. The van der Waals surface area contributed by atoms with Gasteiger partial charge in [0.1, 0.15) is 17.5 Å². The van der Waals surface area contributed by atoms with Crippen LogP contribution in [0.25, 0.3) is 22.5 Å². The summed E-state index contributed by atoms with van der Waals surface area (Å²) in [4.78, 5) is 0. The zero-order valence-electron chi connectivity index (χ0n) is 14.5. The van der Waals surface area contributed by atoms with Crippen molar-refractivity contribution in [2.75, 3.05) is 0 Å². The van der Waals surface area contributed by atoms with Crippen LogP contribution in [0.1, 0.15) is 5.56 Å². The molecule has 0 radical (unpaired) electrons. The van der Waals surface area contributed by atoms with Crippen molar-refractivity contribution in [2.24, 2.45) is 0 Å². The summed E-state index contributed by atoms with van der Waals surface area (Å²) >= 11 is 6.17. The van der Waals surface area contributed by atoms with Crippen LogP contribution in [0.5, 0.6) is 0 Å². The number of aromatic nitrogens is 2. The summed E-state index contributed by atoms with van der Waals surface area (Å²) in [5.41, 5.74) is 2.99. The van der Waals surface area contributed by atoms with Crippen LogP contribution in [0.15, 0.2) is 72.8 Å². The van der Waals surface area contributed by atoms with Crippen LogP contribution in [0.3, 0.4) is 0 Å². The van der Waals surface area contributed by atoms with Crippen LogP contribution < -0.4 is 0 Å². The molecule has 1 heterocycles. The predicted octanol–water partition coefficient (Wildman–Crippen LogP) is 6.34. The third kappa shape index (κ3) is 3.66.